The highest BCUT2D eigenvalue weighted by molar-refractivity contribution is 6.01. The second kappa shape index (κ2) is 11.6. The molecule has 2 rings (SSSR count). The summed E-state index contributed by atoms with van der Waals surface area (Å²) in [6, 6.07) is 7.50. The lowest BCUT2D eigenvalue weighted by atomic mass is 10.0. The highest BCUT2D eigenvalue weighted by Gasteiger charge is 2.29. The van der Waals surface area contributed by atoms with Gasteiger partial charge in [-0.1, -0.05) is 38.1 Å². The summed E-state index contributed by atoms with van der Waals surface area (Å²) in [5.41, 5.74) is 0.646. The van der Waals surface area contributed by atoms with Crippen molar-refractivity contribution in [3.63, 3.8) is 0 Å². The number of hydrogen-bond acceptors (Lipinski definition) is 5. The molecule has 0 aliphatic rings. The molecule has 0 aliphatic carbocycles. The van der Waals surface area contributed by atoms with Crippen LogP contribution in [0.3, 0.4) is 0 Å². The number of amides is 2. The maximum atomic E-state index is 13.2. The Kier molecular flexibility index (Phi) is 9.18. The Morgan fingerprint density at radius 1 is 1.15 bits per heavy atom. The summed E-state index contributed by atoms with van der Waals surface area (Å²) in [4.78, 5) is 49.8. The third kappa shape index (κ3) is 7.30. The lowest BCUT2D eigenvalue weighted by Crippen LogP contribution is -2.53. The predicted molar refractivity (Wildman–Crippen MR) is 131 cm³/mol. The summed E-state index contributed by atoms with van der Waals surface area (Å²) in [5, 5.41) is 6.27. The van der Waals surface area contributed by atoms with Gasteiger partial charge in [0.25, 0.3) is 5.91 Å². The van der Waals surface area contributed by atoms with Gasteiger partial charge in [0.05, 0.1) is 12.5 Å². The molecule has 0 spiro atoms. The van der Waals surface area contributed by atoms with Crippen LogP contribution in [0.25, 0.3) is 10.9 Å². The highest BCUT2D eigenvalue weighted by Crippen LogP contribution is 2.21. The summed E-state index contributed by atoms with van der Waals surface area (Å²) in [6.45, 7) is 13.1. The van der Waals surface area contributed by atoms with Crippen molar-refractivity contribution in [1.82, 2.24) is 15.2 Å². The van der Waals surface area contributed by atoms with Crippen molar-refractivity contribution < 1.29 is 23.9 Å². The van der Waals surface area contributed by atoms with Crippen LogP contribution in [-0.4, -0.2) is 46.3 Å². The van der Waals surface area contributed by atoms with Crippen molar-refractivity contribution in [2.24, 2.45) is 5.92 Å². The van der Waals surface area contributed by atoms with Gasteiger partial charge in [-0.2, -0.15) is 0 Å². The molecule has 2 aromatic rings. The molecule has 2 amide bonds. The second-order valence-electron chi connectivity index (χ2n) is 9.55. The number of nitrogens with zero attached hydrogens (tertiary/aromatic N) is 1. The van der Waals surface area contributed by atoms with E-state index in [0.717, 1.165) is 10.9 Å². The number of aromatic nitrogens is 1. The van der Waals surface area contributed by atoms with Gasteiger partial charge in [-0.3, -0.25) is 14.4 Å². The van der Waals surface area contributed by atoms with Gasteiger partial charge in [-0.15, -0.1) is 6.58 Å². The number of rotatable bonds is 11. The largest absolute Gasteiger partial charge is 0.460 e. The van der Waals surface area contributed by atoms with Gasteiger partial charge in [-0.05, 0) is 45.2 Å². The quantitative estimate of drug-likeness (QED) is 0.298. The van der Waals surface area contributed by atoms with Gasteiger partial charge >= 0.3 is 5.97 Å². The van der Waals surface area contributed by atoms with Gasteiger partial charge in [-0.25, -0.2) is 0 Å². The molecule has 0 aliphatic heterocycles. The van der Waals surface area contributed by atoms with Crippen molar-refractivity contribution in [2.45, 2.75) is 71.7 Å². The van der Waals surface area contributed by atoms with Gasteiger partial charge in [0.1, 0.15) is 23.6 Å². The number of aryl methyl sites for hydroxylation is 1. The number of nitrogens with one attached hydrogen (secondary N) is 2. The molecule has 0 unspecified atom stereocenters. The SMILES string of the molecule is C=CCCn1c(C(=O)N[C@H](C(=O)N[C@H](C=O)CC(=O)OC(C)(C)C)C(C)C)cc2ccccc21. The Hall–Kier alpha value is -3.42. The van der Waals surface area contributed by atoms with E-state index in [1.807, 2.05) is 28.8 Å². The highest BCUT2D eigenvalue weighted by atomic mass is 16.6. The molecular weight excluding hydrogens is 434 g/mol. The van der Waals surface area contributed by atoms with Crippen molar-refractivity contribution in [3.05, 3.63) is 48.7 Å². The van der Waals surface area contributed by atoms with Gasteiger partial charge in [0.15, 0.2) is 0 Å². The van der Waals surface area contributed by atoms with Crippen LogP contribution < -0.4 is 10.6 Å². The first kappa shape index (κ1) is 26.8. The molecule has 8 heteroatoms. The van der Waals surface area contributed by atoms with E-state index < -0.39 is 35.5 Å². The molecule has 2 N–H and O–H groups in total. The lowest BCUT2D eigenvalue weighted by Gasteiger charge is -2.24. The zero-order chi connectivity index (χ0) is 25.5. The smallest absolute Gasteiger partial charge is 0.308 e. The van der Waals surface area contributed by atoms with E-state index in [0.29, 0.717) is 24.9 Å². The van der Waals surface area contributed by atoms with Crippen LogP contribution >= 0.6 is 0 Å². The Labute approximate surface area is 200 Å². The zero-order valence-electron chi connectivity index (χ0n) is 20.6. The molecule has 1 aromatic carbocycles. The van der Waals surface area contributed by atoms with E-state index in [-0.39, 0.29) is 12.3 Å². The Morgan fingerprint density at radius 2 is 1.82 bits per heavy atom. The first-order valence-electron chi connectivity index (χ1n) is 11.4. The number of para-hydroxylation sites is 1. The van der Waals surface area contributed by atoms with E-state index in [1.54, 1.807) is 46.8 Å². The number of fused-ring (bicyclic) bond motifs is 1. The monoisotopic (exact) mass is 469 g/mol. The summed E-state index contributed by atoms with van der Waals surface area (Å²) in [7, 11) is 0. The normalized spacial score (nSPS) is 13.2. The number of aldehydes is 1. The fourth-order valence-electron chi connectivity index (χ4n) is 3.58. The van der Waals surface area contributed by atoms with Crippen LogP contribution in [0, 0.1) is 5.92 Å². The molecule has 1 heterocycles. The van der Waals surface area contributed by atoms with Crippen LogP contribution in [0.15, 0.2) is 43.0 Å². The van der Waals surface area contributed by atoms with Crippen LogP contribution in [-0.2, 0) is 25.7 Å². The average molecular weight is 470 g/mol. The van der Waals surface area contributed by atoms with Gasteiger partial charge in [0.2, 0.25) is 5.91 Å². The van der Waals surface area contributed by atoms with E-state index in [1.165, 1.54) is 0 Å². The fourth-order valence-corrected chi connectivity index (χ4v) is 3.58. The first-order chi connectivity index (χ1) is 16.0. The number of carbonyl (C=O) groups excluding carboxylic acids is 4. The average Bonchev–Trinajstić information content (AvgIpc) is 3.12. The van der Waals surface area contributed by atoms with Crippen molar-refractivity contribution in [1.29, 1.82) is 0 Å². The molecule has 2 atom stereocenters. The van der Waals surface area contributed by atoms with Crippen LogP contribution in [0.2, 0.25) is 0 Å². The minimum Gasteiger partial charge on any atom is -0.460 e. The summed E-state index contributed by atoms with van der Waals surface area (Å²) in [6.07, 6.45) is 2.67. The molecule has 0 saturated heterocycles. The maximum absolute atomic E-state index is 13.2. The van der Waals surface area contributed by atoms with E-state index in [9.17, 15) is 19.2 Å². The van der Waals surface area contributed by atoms with E-state index >= 15 is 0 Å². The number of ether oxygens (including phenoxy) is 1. The Bertz CT molecular complexity index is 1050. The zero-order valence-corrected chi connectivity index (χ0v) is 20.6. The standard InChI is InChI=1S/C26H35N3O5/c1-7-8-13-29-20-12-10-9-11-18(20)14-21(29)24(32)28-23(17(2)3)25(33)27-19(16-30)15-22(31)34-26(4,5)6/h7,9-12,14,16-17,19,23H,1,8,13,15H2,2-6H3,(H,27,33)(H,28,32)/t19-,23-/m0/s1. The molecule has 1 aromatic heterocycles. The number of allylic oxidation sites excluding steroid dienone is 1. The molecule has 0 radical (unpaired) electrons. The maximum Gasteiger partial charge on any atom is 0.308 e. The van der Waals surface area contributed by atoms with Crippen LogP contribution in [0.1, 0.15) is 57.9 Å². The molecule has 184 valence electrons. The van der Waals surface area contributed by atoms with E-state index in [4.69, 9.17) is 4.74 Å². The summed E-state index contributed by atoms with van der Waals surface area (Å²) < 4.78 is 7.13. The van der Waals surface area contributed by atoms with Crippen molar-refractivity contribution in [3.8, 4) is 0 Å². The summed E-state index contributed by atoms with van der Waals surface area (Å²) >= 11 is 0. The second-order valence-corrected chi connectivity index (χ2v) is 9.55. The topological polar surface area (TPSA) is 107 Å². The van der Waals surface area contributed by atoms with E-state index in [2.05, 4.69) is 17.2 Å². The van der Waals surface area contributed by atoms with Crippen LogP contribution in [0.5, 0.6) is 0 Å². The van der Waals surface area contributed by atoms with Crippen molar-refractivity contribution in [2.75, 3.05) is 0 Å². The summed E-state index contributed by atoms with van der Waals surface area (Å²) in [5.74, 6) is -1.80. The number of carbonyl (C=O) groups is 4. The molecule has 0 fully saturated rings. The lowest BCUT2D eigenvalue weighted by molar-refractivity contribution is -0.156. The minimum absolute atomic E-state index is 0.260. The number of esters is 1. The molecule has 0 saturated carbocycles. The number of benzene rings is 1. The molecular formula is C26H35N3O5. The molecule has 34 heavy (non-hydrogen) atoms. The fraction of sp³-hybridized carbons (Fsp3) is 0.462. The minimum atomic E-state index is -1.06. The third-order valence-corrected chi connectivity index (χ3v) is 5.13. The third-order valence-electron chi connectivity index (χ3n) is 5.13. The predicted octanol–water partition coefficient (Wildman–Crippen LogP) is 3.39. The van der Waals surface area contributed by atoms with Gasteiger partial charge in [0, 0.05) is 17.4 Å². The molecule has 0 bridgehead atoms. The van der Waals surface area contributed by atoms with Crippen LogP contribution in [0.4, 0.5) is 0 Å². The Morgan fingerprint density at radius 3 is 2.41 bits per heavy atom. The first-order valence-corrected chi connectivity index (χ1v) is 11.4. The number of hydrogen-bond donors (Lipinski definition) is 2. The Balaban J connectivity index is 2.18. The van der Waals surface area contributed by atoms with Crippen molar-refractivity contribution >= 4 is 35.0 Å². The molecule has 8 nitrogen and oxygen atoms in total. The van der Waals surface area contributed by atoms with Gasteiger partial charge < -0.3 is 24.7 Å².